The lowest BCUT2D eigenvalue weighted by Gasteiger charge is -2.02. The molecule has 0 aromatic carbocycles. The highest BCUT2D eigenvalue weighted by atomic mass is 35.5. The number of aliphatic hydroxyl groups is 1. The number of carbonyl (C=O) groups excluding carboxylic acids is 1. The highest BCUT2D eigenvalue weighted by Crippen LogP contribution is 2.22. The number of rotatable bonds is 4. The van der Waals surface area contributed by atoms with Gasteiger partial charge in [0.15, 0.2) is 0 Å². The molecule has 0 saturated heterocycles. The van der Waals surface area contributed by atoms with Crippen LogP contribution >= 0.6 is 34.5 Å². The summed E-state index contributed by atoms with van der Waals surface area (Å²) < 4.78 is 0. The minimum Gasteiger partial charge on any atom is -0.395 e. The fraction of sp³-hybridized carbons (Fsp3) is 0.214. The van der Waals surface area contributed by atoms with E-state index < -0.39 is 0 Å². The Labute approximate surface area is 136 Å². The number of aliphatic hydroxyl groups excluding tert-OH is 1. The molecule has 21 heavy (non-hydrogen) atoms. The lowest BCUT2D eigenvalue weighted by atomic mass is 10.2. The largest absolute Gasteiger partial charge is 0.395 e. The number of thiophene rings is 1. The Morgan fingerprint density at radius 3 is 2.95 bits per heavy atom. The molecule has 0 atom stereocenters. The van der Waals surface area contributed by atoms with Gasteiger partial charge in [0.2, 0.25) is 0 Å². The Hall–Kier alpha value is -1.45. The van der Waals surface area contributed by atoms with E-state index in [2.05, 4.69) is 22.1 Å². The monoisotopic (exact) mass is 342 g/mol. The lowest BCUT2D eigenvalue weighted by molar-refractivity contribution is 0.0947. The van der Waals surface area contributed by atoms with E-state index >= 15 is 0 Å². The average Bonchev–Trinajstić information content (AvgIpc) is 3.04. The van der Waals surface area contributed by atoms with Crippen molar-refractivity contribution in [2.45, 2.75) is 13.0 Å². The van der Waals surface area contributed by atoms with E-state index in [9.17, 15) is 4.79 Å². The van der Waals surface area contributed by atoms with Gasteiger partial charge in [-0.3, -0.25) is 4.79 Å². The van der Waals surface area contributed by atoms with Gasteiger partial charge < -0.3 is 15.4 Å². The molecule has 2 aromatic rings. The zero-order valence-corrected chi connectivity index (χ0v) is 13.2. The fourth-order valence-electron chi connectivity index (χ4n) is 1.58. The highest BCUT2D eigenvalue weighted by Gasteiger charge is 2.12. The molecule has 1 amide bonds. The number of aromatic nitrogens is 1. The molecule has 0 saturated carbocycles. The van der Waals surface area contributed by atoms with Gasteiger partial charge in [-0.25, -0.2) is 0 Å². The summed E-state index contributed by atoms with van der Waals surface area (Å²) in [5, 5.41) is 14.0. The van der Waals surface area contributed by atoms with Gasteiger partial charge in [0.05, 0.1) is 18.2 Å². The van der Waals surface area contributed by atoms with E-state index in [-0.39, 0.29) is 17.7 Å². The predicted molar refractivity (Wildman–Crippen MR) is 84.9 cm³/mol. The Balaban J connectivity index is 1.99. The molecule has 0 bridgehead atoms. The van der Waals surface area contributed by atoms with E-state index in [4.69, 9.17) is 28.3 Å². The second-order valence-electron chi connectivity index (χ2n) is 4.06. The second-order valence-corrected chi connectivity index (χ2v) is 5.85. The van der Waals surface area contributed by atoms with Crippen LogP contribution in [0.5, 0.6) is 0 Å². The molecule has 2 aromatic heterocycles. The van der Waals surface area contributed by atoms with Crippen LogP contribution in [-0.2, 0) is 6.54 Å². The molecular formula is C14H12Cl2N2O2S. The van der Waals surface area contributed by atoms with Gasteiger partial charge >= 0.3 is 0 Å². The van der Waals surface area contributed by atoms with Gasteiger partial charge in [-0.1, -0.05) is 35.0 Å². The molecule has 0 aliphatic carbocycles. The van der Waals surface area contributed by atoms with Crippen LogP contribution in [0.15, 0.2) is 17.5 Å². The number of hydrogen-bond donors (Lipinski definition) is 3. The third-order valence-corrected chi connectivity index (χ3v) is 4.20. The van der Waals surface area contributed by atoms with Crippen molar-refractivity contribution < 1.29 is 9.90 Å². The molecular weight excluding hydrogens is 331 g/mol. The van der Waals surface area contributed by atoms with E-state index in [0.29, 0.717) is 23.7 Å². The van der Waals surface area contributed by atoms with E-state index in [0.717, 1.165) is 10.4 Å². The van der Waals surface area contributed by atoms with Crippen LogP contribution in [0, 0.1) is 11.8 Å². The van der Waals surface area contributed by atoms with Gasteiger partial charge in [-0.05, 0) is 17.5 Å². The van der Waals surface area contributed by atoms with Crippen molar-refractivity contribution in [3.05, 3.63) is 43.8 Å². The summed E-state index contributed by atoms with van der Waals surface area (Å²) in [7, 11) is 0. The lowest BCUT2D eigenvalue weighted by Crippen LogP contribution is -2.22. The Morgan fingerprint density at radius 2 is 2.29 bits per heavy atom. The van der Waals surface area contributed by atoms with Crippen LogP contribution in [0.25, 0.3) is 0 Å². The van der Waals surface area contributed by atoms with Crippen molar-refractivity contribution >= 4 is 40.4 Å². The van der Waals surface area contributed by atoms with Gasteiger partial charge in [0.1, 0.15) is 10.8 Å². The minimum atomic E-state index is -0.286. The van der Waals surface area contributed by atoms with Gasteiger partial charge in [0.25, 0.3) is 5.91 Å². The van der Waals surface area contributed by atoms with Crippen LogP contribution < -0.4 is 5.32 Å². The van der Waals surface area contributed by atoms with Crippen LogP contribution in [0.4, 0.5) is 0 Å². The summed E-state index contributed by atoms with van der Waals surface area (Å²) in [6.45, 7) is 0.408. The van der Waals surface area contributed by atoms with Crippen LogP contribution in [-0.4, -0.2) is 22.6 Å². The third-order valence-electron chi connectivity index (χ3n) is 2.58. The molecule has 0 radical (unpaired) electrons. The van der Waals surface area contributed by atoms with E-state index in [1.165, 1.54) is 17.4 Å². The molecule has 2 rings (SSSR count). The zero-order chi connectivity index (χ0) is 15.2. The molecule has 2 heterocycles. The number of halogens is 2. The van der Waals surface area contributed by atoms with Crippen LogP contribution in [0.2, 0.25) is 10.2 Å². The molecule has 0 aliphatic heterocycles. The molecule has 3 N–H and O–H groups in total. The molecule has 110 valence electrons. The maximum Gasteiger partial charge on any atom is 0.268 e. The SMILES string of the molecule is O=C(NCc1sccc1C#CCCO)c1cc(Cl)c(Cl)[nH]1. The third kappa shape index (κ3) is 4.26. The minimum absolute atomic E-state index is 0.0392. The zero-order valence-electron chi connectivity index (χ0n) is 10.9. The first-order valence-electron chi connectivity index (χ1n) is 6.10. The quantitative estimate of drug-likeness (QED) is 0.747. The number of carbonyl (C=O) groups is 1. The van der Waals surface area contributed by atoms with Crippen molar-refractivity contribution in [3.63, 3.8) is 0 Å². The van der Waals surface area contributed by atoms with Crippen LogP contribution in [0.3, 0.4) is 0 Å². The van der Waals surface area contributed by atoms with Crippen molar-refractivity contribution in [2.24, 2.45) is 0 Å². The first kappa shape index (κ1) is 15.9. The number of hydrogen-bond acceptors (Lipinski definition) is 3. The molecule has 0 fully saturated rings. The number of H-pyrrole nitrogens is 1. The van der Waals surface area contributed by atoms with Gasteiger partial charge in [0, 0.05) is 16.9 Å². The summed E-state index contributed by atoms with van der Waals surface area (Å²) in [6, 6.07) is 3.37. The summed E-state index contributed by atoms with van der Waals surface area (Å²) in [5.41, 5.74) is 1.17. The number of aromatic amines is 1. The maximum atomic E-state index is 12.0. The van der Waals surface area contributed by atoms with Crippen molar-refractivity contribution in [3.8, 4) is 11.8 Å². The van der Waals surface area contributed by atoms with Gasteiger partial charge in [-0.2, -0.15) is 0 Å². The van der Waals surface area contributed by atoms with Crippen molar-refractivity contribution in [1.29, 1.82) is 0 Å². The molecule has 0 unspecified atom stereocenters. The normalized spacial score (nSPS) is 10.0. The molecule has 4 nitrogen and oxygen atoms in total. The summed E-state index contributed by atoms with van der Waals surface area (Å²) in [6.07, 6.45) is 0.432. The van der Waals surface area contributed by atoms with Gasteiger partial charge in [-0.15, -0.1) is 11.3 Å². The van der Waals surface area contributed by atoms with E-state index in [1.54, 1.807) is 0 Å². The van der Waals surface area contributed by atoms with E-state index in [1.807, 2.05) is 11.4 Å². The Morgan fingerprint density at radius 1 is 1.48 bits per heavy atom. The first-order chi connectivity index (χ1) is 10.1. The van der Waals surface area contributed by atoms with Crippen LogP contribution in [0.1, 0.15) is 27.3 Å². The van der Waals surface area contributed by atoms with Crippen molar-refractivity contribution in [1.82, 2.24) is 10.3 Å². The highest BCUT2D eigenvalue weighted by molar-refractivity contribution is 7.10. The summed E-state index contributed by atoms with van der Waals surface area (Å²) in [5.74, 6) is 5.55. The number of amides is 1. The fourth-order valence-corrected chi connectivity index (χ4v) is 2.67. The smallest absolute Gasteiger partial charge is 0.268 e. The Bertz CT molecular complexity index is 678. The topological polar surface area (TPSA) is 65.1 Å². The average molecular weight is 343 g/mol. The second kappa shape index (κ2) is 7.53. The van der Waals surface area contributed by atoms with Crippen molar-refractivity contribution in [2.75, 3.05) is 6.61 Å². The maximum absolute atomic E-state index is 12.0. The summed E-state index contributed by atoms with van der Waals surface area (Å²) >= 11 is 13.1. The molecule has 0 aliphatic rings. The Kier molecular flexibility index (Phi) is 5.71. The standard InChI is InChI=1S/C14H12Cl2N2O2S/c15-10-7-11(18-13(10)16)14(20)17-8-12-9(4-6-21-12)3-1-2-5-19/h4,6-7,18-19H,2,5,8H2,(H,17,20). The molecule has 7 heteroatoms. The first-order valence-corrected chi connectivity index (χ1v) is 7.73. The predicted octanol–water partition coefficient (Wildman–Crippen LogP) is 3.05. The number of nitrogens with one attached hydrogen (secondary N) is 2. The molecule has 0 spiro atoms. The summed E-state index contributed by atoms with van der Waals surface area (Å²) in [4.78, 5) is 15.6.